The van der Waals surface area contributed by atoms with Gasteiger partial charge in [0.2, 0.25) is 10.0 Å². The van der Waals surface area contributed by atoms with Gasteiger partial charge in [0, 0.05) is 48.4 Å². The first-order chi connectivity index (χ1) is 21.6. The molecule has 8 nitrogen and oxygen atoms in total. The molecule has 2 aliphatic heterocycles. The minimum Gasteiger partial charge on any atom is -0.497 e. The summed E-state index contributed by atoms with van der Waals surface area (Å²) in [6, 6.07) is 22.3. The molecule has 234 valence electrons. The Morgan fingerprint density at radius 3 is 2.27 bits per heavy atom. The van der Waals surface area contributed by atoms with E-state index < -0.39 is 16.1 Å². The van der Waals surface area contributed by atoms with E-state index in [2.05, 4.69) is 5.32 Å². The lowest BCUT2D eigenvalue weighted by molar-refractivity contribution is 0.198. The lowest BCUT2D eigenvalue weighted by Crippen LogP contribution is -2.52. The fourth-order valence-electron chi connectivity index (χ4n) is 5.88. The molecule has 12 heteroatoms. The molecule has 0 bridgehead atoms. The monoisotopic (exact) mass is 684 g/mol. The van der Waals surface area contributed by atoms with Crippen LogP contribution < -0.4 is 15.0 Å². The van der Waals surface area contributed by atoms with E-state index in [-0.39, 0.29) is 39.8 Å². The second kappa shape index (κ2) is 12.8. The maximum Gasteiger partial charge on any atom is 0.329 e. The summed E-state index contributed by atoms with van der Waals surface area (Å²) in [6.07, 6.45) is 0. The Bertz CT molecular complexity index is 1850. The van der Waals surface area contributed by atoms with Gasteiger partial charge in [0.05, 0.1) is 40.0 Å². The largest absolute Gasteiger partial charge is 0.497 e. The molecule has 1 atom stereocenters. The molecule has 6 rings (SSSR count). The van der Waals surface area contributed by atoms with Crippen LogP contribution in [-0.4, -0.2) is 56.4 Å². The molecule has 4 aromatic carbocycles. The van der Waals surface area contributed by atoms with Crippen LogP contribution in [0.2, 0.25) is 15.1 Å². The van der Waals surface area contributed by atoms with Crippen molar-refractivity contribution in [3.05, 3.63) is 105 Å². The second-order valence-corrected chi connectivity index (χ2v) is 14.1. The standard InChI is InChI=1S/C33H31Cl3N4O4S/c1-21-18-37-14-15-39(21)45(42,43)24-16-26(25-6-3-4-7-28(25)34)27-20-38(19-22-10-12-23(44-2)13-11-22)33(41)40(31(27)17-24)32-29(35)8-5-9-30(32)36/h3-13,16-17,21,37H,14-15,18-20H2,1-2H3. The fraction of sp³-hybridized carbons (Fsp3) is 0.242. The predicted octanol–water partition coefficient (Wildman–Crippen LogP) is 7.58. The Morgan fingerprint density at radius 1 is 0.911 bits per heavy atom. The summed E-state index contributed by atoms with van der Waals surface area (Å²) in [6.45, 7) is 3.70. The number of fused-ring (bicyclic) bond motifs is 1. The molecular weight excluding hydrogens is 655 g/mol. The molecule has 0 aliphatic carbocycles. The summed E-state index contributed by atoms with van der Waals surface area (Å²) in [5.41, 5.74) is 3.47. The third kappa shape index (κ3) is 6.01. The summed E-state index contributed by atoms with van der Waals surface area (Å²) in [5.74, 6) is 0.701. The van der Waals surface area contributed by atoms with Crippen LogP contribution in [0, 0.1) is 0 Å². The molecule has 45 heavy (non-hydrogen) atoms. The van der Waals surface area contributed by atoms with Crippen molar-refractivity contribution in [1.29, 1.82) is 0 Å². The number of halogens is 3. The van der Waals surface area contributed by atoms with Gasteiger partial charge in [0.1, 0.15) is 5.75 Å². The van der Waals surface area contributed by atoms with Gasteiger partial charge < -0.3 is 15.0 Å². The molecular formula is C33H31Cl3N4O4S. The van der Waals surface area contributed by atoms with E-state index in [1.807, 2.05) is 49.4 Å². The van der Waals surface area contributed by atoms with Crippen LogP contribution in [0.1, 0.15) is 18.1 Å². The average molecular weight is 686 g/mol. The molecule has 0 radical (unpaired) electrons. The Kier molecular flexibility index (Phi) is 9.03. The summed E-state index contributed by atoms with van der Waals surface area (Å²) in [7, 11) is -2.38. The number of piperazine rings is 1. The number of para-hydroxylation sites is 1. The molecule has 1 fully saturated rings. The molecule has 2 amide bonds. The number of ether oxygens (including phenoxy) is 1. The average Bonchev–Trinajstić information content (AvgIpc) is 3.03. The number of benzene rings is 4. The number of carbonyl (C=O) groups excluding carboxylic acids is 1. The number of sulfonamides is 1. The molecule has 1 unspecified atom stereocenters. The smallest absolute Gasteiger partial charge is 0.329 e. The van der Waals surface area contributed by atoms with Crippen LogP contribution in [0.5, 0.6) is 5.75 Å². The number of nitrogens with one attached hydrogen (secondary N) is 1. The van der Waals surface area contributed by atoms with Crippen LogP contribution in [-0.2, 0) is 23.1 Å². The minimum absolute atomic E-state index is 0.0505. The van der Waals surface area contributed by atoms with Crippen molar-refractivity contribution in [1.82, 2.24) is 14.5 Å². The summed E-state index contributed by atoms with van der Waals surface area (Å²) >= 11 is 20.2. The number of hydrogen-bond acceptors (Lipinski definition) is 5. The van der Waals surface area contributed by atoms with Gasteiger partial charge >= 0.3 is 6.03 Å². The number of nitrogens with zero attached hydrogens (tertiary/aromatic N) is 3. The van der Waals surface area contributed by atoms with E-state index in [0.717, 1.165) is 5.56 Å². The van der Waals surface area contributed by atoms with Crippen molar-refractivity contribution in [3.8, 4) is 16.9 Å². The minimum atomic E-state index is -3.98. The molecule has 0 aromatic heterocycles. The third-order valence-corrected chi connectivity index (χ3v) is 11.1. The molecule has 0 spiro atoms. The zero-order chi connectivity index (χ0) is 31.9. The number of carbonyl (C=O) groups is 1. The first-order valence-corrected chi connectivity index (χ1v) is 17.0. The fourth-order valence-corrected chi connectivity index (χ4v) is 8.36. The Labute approximate surface area is 278 Å². The normalized spacial score (nSPS) is 17.4. The van der Waals surface area contributed by atoms with Gasteiger partial charge in [0.15, 0.2) is 0 Å². The Balaban J connectivity index is 1.60. The quantitative estimate of drug-likeness (QED) is 0.217. The van der Waals surface area contributed by atoms with Gasteiger partial charge in [-0.2, -0.15) is 4.31 Å². The molecule has 0 saturated carbocycles. The molecule has 1 saturated heterocycles. The SMILES string of the molecule is COc1ccc(CN2Cc3c(-c4ccccc4Cl)cc(S(=O)(=O)N4CCNCC4C)cc3N(c3c(Cl)cccc3Cl)C2=O)cc1. The van der Waals surface area contributed by atoms with Crippen LogP contribution in [0.4, 0.5) is 16.2 Å². The third-order valence-electron chi connectivity index (χ3n) is 8.16. The zero-order valence-corrected chi connectivity index (χ0v) is 27.7. The van der Waals surface area contributed by atoms with E-state index in [1.54, 1.807) is 48.4 Å². The second-order valence-electron chi connectivity index (χ2n) is 11.0. The molecule has 4 aromatic rings. The highest BCUT2D eigenvalue weighted by atomic mass is 35.5. The highest BCUT2D eigenvalue weighted by Gasteiger charge is 2.39. The number of anilines is 2. The van der Waals surface area contributed by atoms with Crippen molar-refractivity contribution < 1.29 is 17.9 Å². The van der Waals surface area contributed by atoms with Gasteiger partial charge in [-0.25, -0.2) is 13.2 Å². The number of hydrogen-bond donors (Lipinski definition) is 1. The lowest BCUT2D eigenvalue weighted by Gasteiger charge is -2.39. The van der Waals surface area contributed by atoms with E-state index >= 15 is 0 Å². The lowest BCUT2D eigenvalue weighted by atomic mass is 9.95. The van der Waals surface area contributed by atoms with Crippen LogP contribution in [0.15, 0.2) is 83.8 Å². The van der Waals surface area contributed by atoms with Crippen molar-refractivity contribution >= 4 is 62.2 Å². The summed E-state index contributed by atoms with van der Waals surface area (Å²) < 4.78 is 35.3. The Hall–Kier alpha value is -3.31. The number of rotatable bonds is 7. The van der Waals surface area contributed by atoms with Gasteiger partial charge in [-0.3, -0.25) is 4.90 Å². The Morgan fingerprint density at radius 2 is 1.60 bits per heavy atom. The van der Waals surface area contributed by atoms with Crippen molar-refractivity contribution in [2.24, 2.45) is 0 Å². The van der Waals surface area contributed by atoms with E-state index in [9.17, 15) is 13.2 Å². The van der Waals surface area contributed by atoms with Crippen LogP contribution in [0.3, 0.4) is 0 Å². The zero-order valence-electron chi connectivity index (χ0n) is 24.6. The van der Waals surface area contributed by atoms with E-state index in [0.29, 0.717) is 52.8 Å². The van der Waals surface area contributed by atoms with Gasteiger partial charge in [0.25, 0.3) is 0 Å². The summed E-state index contributed by atoms with van der Waals surface area (Å²) in [4.78, 5) is 17.6. The van der Waals surface area contributed by atoms with Crippen molar-refractivity contribution in [2.45, 2.75) is 31.0 Å². The maximum absolute atomic E-state index is 14.5. The summed E-state index contributed by atoms with van der Waals surface area (Å²) in [5, 5.41) is 4.19. The highest BCUT2D eigenvalue weighted by Crippen LogP contribution is 2.47. The van der Waals surface area contributed by atoms with Crippen LogP contribution >= 0.6 is 34.8 Å². The maximum atomic E-state index is 14.5. The van der Waals surface area contributed by atoms with E-state index in [1.165, 1.54) is 9.21 Å². The number of methoxy groups -OCH3 is 1. The van der Waals surface area contributed by atoms with Crippen molar-refractivity contribution in [3.63, 3.8) is 0 Å². The van der Waals surface area contributed by atoms with E-state index in [4.69, 9.17) is 39.5 Å². The van der Waals surface area contributed by atoms with Gasteiger partial charge in [-0.1, -0.05) is 71.2 Å². The van der Waals surface area contributed by atoms with Gasteiger partial charge in [-0.15, -0.1) is 0 Å². The van der Waals surface area contributed by atoms with Crippen molar-refractivity contribution in [2.75, 3.05) is 31.6 Å². The first-order valence-electron chi connectivity index (χ1n) is 14.4. The number of urea groups is 1. The molecule has 2 heterocycles. The van der Waals surface area contributed by atoms with Gasteiger partial charge in [-0.05, 0) is 60.5 Å². The predicted molar refractivity (Wildman–Crippen MR) is 179 cm³/mol. The molecule has 1 N–H and O–H groups in total. The molecule has 2 aliphatic rings. The number of amides is 2. The topological polar surface area (TPSA) is 82.2 Å². The van der Waals surface area contributed by atoms with Crippen LogP contribution in [0.25, 0.3) is 11.1 Å². The first kappa shape index (κ1) is 31.7. The highest BCUT2D eigenvalue weighted by molar-refractivity contribution is 7.89.